The molecule has 0 fully saturated rings. The fourth-order valence-electron chi connectivity index (χ4n) is 1.88. The lowest BCUT2D eigenvalue weighted by molar-refractivity contribution is -0.141. The van der Waals surface area contributed by atoms with E-state index >= 15 is 0 Å². The molecule has 126 valence electrons. The van der Waals surface area contributed by atoms with E-state index in [4.69, 9.17) is 0 Å². The smallest absolute Gasteiger partial charge is 0.363 e. The van der Waals surface area contributed by atoms with E-state index in [9.17, 15) is 13.2 Å². The van der Waals surface area contributed by atoms with Gasteiger partial charge in [0.15, 0.2) is 5.69 Å². The normalized spacial score (nSPS) is 11.8. The van der Waals surface area contributed by atoms with E-state index in [0.29, 0.717) is 5.82 Å². The molecule has 23 heavy (non-hydrogen) atoms. The molecule has 2 rings (SSSR count). The van der Waals surface area contributed by atoms with E-state index in [0.717, 1.165) is 6.07 Å². The van der Waals surface area contributed by atoms with E-state index in [1.54, 1.807) is 18.8 Å². The highest BCUT2D eigenvalue weighted by Crippen LogP contribution is 2.30. The van der Waals surface area contributed by atoms with Crippen LogP contribution in [0.2, 0.25) is 0 Å². The van der Waals surface area contributed by atoms with Gasteiger partial charge in [-0.15, -0.1) is 0 Å². The Hall–Kier alpha value is -2.39. The predicted molar refractivity (Wildman–Crippen MR) is 79.1 cm³/mol. The molecule has 0 spiro atoms. The van der Waals surface area contributed by atoms with Gasteiger partial charge >= 0.3 is 6.18 Å². The molecule has 10 heteroatoms. The van der Waals surface area contributed by atoms with Crippen molar-refractivity contribution in [2.75, 3.05) is 24.3 Å². The summed E-state index contributed by atoms with van der Waals surface area (Å²) in [6.07, 6.45) is -3.14. The highest BCUT2D eigenvalue weighted by Gasteiger charge is 2.34. The Morgan fingerprint density at radius 3 is 2.52 bits per heavy atom. The maximum Gasteiger partial charge on any atom is 0.433 e. The molecule has 0 saturated heterocycles. The van der Waals surface area contributed by atoms with Gasteiger partial charge in [-0.05, 0) is 13.8 Å². The summed E-state index contributed by atoms with van der Waals surface area (Å²) in [5.74, 6) is 0.648. The van der Waals surface area contributed by atoms with E-state index in [-0.39, 0.29) is 24.4 Å². The molecule has 2 aromatic rings. The Morgan fingerprint density at radius 2 is 1.96 bits per heavy atom. The van der Waals surface area contributed by atoms with Crippen LogP contribution in [-0.2, 0) is 12.7 Å². The third-order valence-electron chi connectivity index (χ3n) is 3.00. The molecular weight excluding hydrogens is 311 g/mol. The van der Waals surface area contributed by atoms with Gasteiger partial charge in [0, 0.05) is 26.2 Å². The molecule has 0 atom stereocenters. The number of hydrogen-bond donors (Lipinski definition) is 1. The number of alkyl halides is 3. The van der Waals surface area contributed by atoms with E-state index in [1.165, 1.54) is 11.2 Å². The summed E-state index contributed by atoms with van der Waals surface area (Å²) in [4.78, 5) is 13.2. The third kappa shape index (κ3) is 4.08. The predicted octanol–water partition coefficient (Wildman–Crippen LogP) is 2.35. The summed E-state index contributed by atoms with van der Waals surface area (Å²) in [7, 11) is 3.23. The first-order valence-electron chi connectivity index (χ1n) is 6.94. The maximum atomic E-state index is 12.9. The van der Waals surface area contributed by atoms with Crippen molar-refractivity contribution in [3.63, 3.8) is 0 Å². The molecule has 0 amide bonds. The Kier molecular flexibility index (Phi) is 4.71. The van der Waals surface area contributed by atoms with Gasteiger partial charge in [-0.25, -0.2) is 14.6 Å². The minimum Gasteiger partial charge on any atom is -0.363 e. The van der Waals surface area contributed by atoms with E-state index in [1.807, 2.05) is 13.8 Å². The van der Waals surface area contributed by atoms with Crippen LogP contribution >= 0.6 is 0 Å². The topological polar surface area (TPSA) is 71.8 Å². The maximum absolute atomic E-state index is 12.9. The average molecular weight is 329 g/mol. The van der Waals surface area contributed by atoms with Crippen molar-refractivity contribution in [2.24, 2.45) is 0 Å². The van der Waals surface area contributed by atoms with Gasteiger partial charge in [0.2, 0.25) is 5.95 Å². The number of rotatable bonds is 5. The summed E-state index contributed by atoms with van der Waals surface area (Å²) in [5.41, 5.74) is -0.996. The van der Waals surface area contributed by atoms with Crippen molar-refractivity contribution in [2.45, 2.75) is 32.6 Å². The summed E-state index contributed by atoms with van der Waals surface area (Å²) in [6.45, 7) is 4.04. The summed E-state index contributed by atoms with van der Waals surface area (Å²) < 4.78 is 40.5. The van der Waals surface area contributed by atoms with Crippen LogP contribution in [-0.4, -0.2) is 38.8 Å². The molecule has 0 bridgehead atoms. The lowest BCUT2D eigenvalue weighted by Crippen LogP contribution is -2.18. The second kappa shape index (κ2) is 6.39. The second-order valence-corrected chi connectivity index (χ2v) is 5.40. The number of aromatic nitrogens is 5. The van der Waals surface area contributed by atoms with Gasteiger partial charge < -0.3 is 10.2 Å². The molecule has 1 N–H and O–H groups in total. The lowest BCUT2D eigenvalue weighted by atomic mass is 10.3. The van der Waals surface area contributed by atoms with Gasteiger partial charge in [0.25, 0.3) is 0 Å². The van der Waals surface area contributed by atoms with Crippen molar-refractivity contribution in [3.05, 3.63) is 23.9 Å². The first-order chi connectivity index (χ1) is 10.7. The van der Waals surface area contributed by atoms with Gasteiger partial charge in [-0.3, -0.25) is 0 Å². The second-order valence-electron chi connectivity index (χ2n) is 5.40. The quantitative estimate of drug-likeness (QED) is 0.908. The van der Waals surface area contributed by atoms with Crippen LogP contribution in [0.1, 0.15) is 31.4 Å². The minimum atomic E-state index is -4.54. The number of hydrogen-bond acceptors (Lipinski definition) is 6. The molecule has 0 aliphatic carbocycles. The first-order valence-corrected chi connectivity index (χ1v) is 6.94. The Balaban J connectivity index is 2.25. The van der Waals surface area contributed by atoms with Crippen LogP contribution in [0.5, 0.6) is 0 Å². The molecule has 7 nitrogen and oxygen atoms in total. The van der Waals surface area contributed by atoms with Crippen LogP contribution in [0.15, 0.2) is 12.4 Å². The molecule has 0 aliphatic rings. The van der Waals surface area contributed by atoms with Crippen molar-refractivity contribution >= 4 is 11.8 Å². The number of nitrogens with zero attached hydrogens (tertiary/aromatic N) is 6. The van der Waals surface area contributed by atoms with Gasteiger partial charge in [0.05, 0.1) is 6.54 Å². The number of halogens is 3. The van der Waals surface area contributed by atoms with Crippen LogP contribution in [0.3, 0.4) is 0 Å². The number of nitrogens with one attached hydrogen (secondary N) is 1. The Bertz CT molecular complexity index is 664. The van der Waals surface area contributed by atoms with Crippen molar-refractivity contribution in [1.29, 1.82) is 0 Å². The molecule has 0 aliphatic heterocycles. The van der Waals surface area contributed by atoms with E-state index < -0.39 is 11.9 Å². The highest BCUT2D eigenvalue weighted by molar-refractivity contribution is 5.44. The van der Waals surface area contributed by atoms with Crippen LogP contribution in [0.25, 0.3) is 0 Å². The molecule has 0 saturated carbocycles. The van der Waals surface area contributed by atoms with Gasteiger partial charge in [0.1, 0.15) is 18.0 Å². The van der Waals surface area contributed by atoms with Crippen LogP contribution in [0, 0.1) is 0 Å². The SMILES string of the molecule is CC(C)n1ncnc1CNc1nc(N(C)C)cc(C(F)(F)F)n1. The zero-order valence-electron chi connectivity index (χ0n) is 13.3. The zero-order chi connectivity index (χ0) is 17.2. The summed E-state index contributed by atoms with van der Waals surface area (Å²) in [6, 6.07) is 0.996. The largest absolute Gasteiger partial charge is 0.433 e. The Morgan fingerprint density at radius 1 is 1.26 bits per heavy atom. The highest BCUT2D eigenvalue weighted by atomic mass is 19.4. The standard InChI is InChI=1S/C13H18F3N7/c1-8(2)23-11(18-7-19-23)6-17-12-20-9(13(14,15)16)5-10(21-12)22(3)4/h5,7-8H,6H2,1-4H3,(H,17,20,21). The summed E-state index contributed by atoms with van der Waals surface area (Å²) >= 11 is 0. The third-order valence-corrected chi connectivity index (χ3v) is 3.00. The monoisotopic (exact) mass is 329 g/mol. The zero-order valence-corrected chi connectivity index (χ0v) is 13.3. The first kappa shape index (κ1) is 17.0. The van der Waals surface area contributed by atoms with Crippen molar-refractivity contribution in [3.8, 4) is 0 Å². The molecule has 2 aromatic heterocycles. The van der Waals surface area contributed by atoms with Gasteiger partial charge in [-0.1, -0.05) is 0 Å². The summed E-state index contributed by atoms with van der Waals surface area (Å²) in [5, 5.41) is 6.84. The molecule has 0 unspecified atom stereocenters. The fourth-order valence-corrected chi connectivity index (χ4v) is 1.88. The average Bonchev–Trinajstić information content (AvgIpc) is 2.92. The minimum absolute atomic E-state index is 0.0917. The lowest BCUT2D eigenvalue weighted by Gasteiger charge is -2.16. The van der Waals surface area contributed by atoms with Crippen molar-refractivity contribution in [1.82, 2.24) is 24.7 Å². The molecular formula is C13H18F3N7. The van der Waals surface area contributed by atoms with Crippen molar-refractivity contribution < 1.29 is 13.2 Å². The molecule has 2 heterocycles. The Labute approximate surface area is 131 Å². The molecule has 0 aromatic carbocycles. The number of anilines is 2. The van der Waals surface area contributed by atoms with Gasteiger partial charge in [-0.2, -0.15) is 23.3 Å². The van der Waals surface area contributed by atoms with Crippen LogP contribution in [0.4, 0.5) is 24.9 Å². The molecule has 0 radical (unpaired) electrons. The van der Waals surface area contributed by atoms with E-state index in [2.05, 4.69) is 25.4 Å². The fraction of sp³-hybridized carbons (Fsp3) is 0.538. The van der Waals surface area contributed by atoms with Crippen LogP contribution < -0.4 is 10.2 Å².